The van der Waals surface area contributed by atoms with Crippen LogP contribution in [0.1, 0.15) is 208 Å². The summed E-state index contributed by atoms with van der Waals surface area (Å²) in [7, 11) is 0. The normalized spacial score (nSPS) is 29.2. The number of carboxylic acids is 1. The summed E-state index contributed by atoms with van der Waals surface area (Å²) in [4.78, 5) is 12.5. The van der Waals surface area contributed by atoms with Crippen molar-refractivity contribution in [2.24, 2.45) is 40.4 Å². The highest BCUT2D eigenvalue weighted by Gasteiger charge is 2.55. The van der Waals surface area contributed by atoms with Gasteiger partial charge in [0.25, 0.3) is 0 Å². The van der Waals surface area contributed by atoms with Crippen molar-refractivity contribution in [1.29, 1.82) is 0 Å². The molecule has 0 radical (unpaired) electrons. The molecule has 3 aliphatic rings. The smallest absolute Gasteiger partial charge is 0.306 e. The first-order chi connectivity index (χ1) is 21.2. The van der Waals surface area contributed by atoms with Crippen LogP contribution < -0.4 is 0 Å². The fourth-order valence-corrected chi connectivity index (χ4v) is 10.3. The first kappa shape index (κ1) is 37.7. The van der Waals surface area contributed by atoms with Crippen LogP contribution in [0.15, 0.2) is 11.6 Å². The van der Waals surface area contributed by atoms with Crippen molar-refractivity contribution in [3.05, 3.63) is 11.6 Å². The summed E-state index contributed by atoms with van der Waals surface area (Å²) in [5.74, 6) is 2.35. The third kappa shape index (κ3) is 11.5. The molecular formula is C42H76O2. The number of hydrogen-bond donors (Lipinski definition) is 1. The minimum Gasteiger partial charge on any atom is -0.481 e. The van der Waals surface area contributed by atoms with Crippen LogP contribution in [0.2, 0.25) is 0 Å². The van der Waals surface area contributed by atoms with E-state index >= 15 is 0 Å². The Bertz CT molecular complexity index is 828. The van der Waals surface area contributed by atoms with Crippen molar-refractivity contribution in [2.75, 3.05) is 0 Å². The van der Waals surface area contributed by atoms with E-state index in [-0.39, 0.29) is 11.3 Å². The highest BCUT2D eigenvalue weighted by molar-refractivity contribution is 5.70. The van der Waals surface area contributed by atoms with Gasteiger partial charge in [0.2, 0.25) is 0 Å². The van der Waals surface area contributed by atoms with E-state index in [1.807, 2.05) is 0 Å². The van der Waals surface area contributed by atoms with Gasteiger partial charge < -0.3 is 5.11 Å². The highest BCUT2D eigenvalue weighted by Crippen LogP contribution is 2.64. The molecule has 0 aromatic rings. The van der Waals surface area contributed by atoms with Crippen molar-refractivity contribution in [2.45, 2.75) is 208 Å². The van der Waals surface area contributed by atoms with E-state index in [1.54, 1.807) is 5.57 Å². The lowest BCUT2D eigenvalue weighted by atomic mass is 9.45. The topological polar surface area (TPSA) is 37.3 Å². The van der Waals surface area contributed by atoms with Gasteiger partial charge in [-0.05, 0) is 85.9 Å². The molecule has 2 saturated carbocycles. The molecule has 44 heavy (non-hydrogen) atoms. The average Bonchev–Trinajstić information content (AvgIpc) is 2.99. The van der Waals surface area contributed by atoms with Gasteiger partial charge >= 0.3 is 5.97 Å². The Balaban J connectivity index is 1.29. The van der Waals surface area contributed by atoms with Crippen LogP contribution in [-0.2, 0) is 4.79 Å². The van der Waals surface area contributed by atoms with Crippen LogP contribution in [0.4, 0.5) is 0 Å². The number of rotatable bonds is 23. The zero-order valence-electron chi connectivity index (χ0n) is 30.4. The molecule has 0 aliphatic heterocycles. The summed E-state index contributed by atoms with van der Waals surface area (Å²) in [5, 5.41) is 10.3. The zero-order chi connectivity index (χ0) is 31.8. The molecule has 2 fully saturated rings. The van der Waals surface area contributed by atoms with Gasteiger partial charge in [0, 0.05) is 0 Å². The van der Waals surface area contributed by atoms with Gasteiger partial charge in [-0.25, -0.2) is 0 Å². The van der Waals surface area contributed by atoms with Gasteiger partial charge in [0.1, 0.15) is 0 Å². The SMILES string of the molecule is CCCCCCCCCCCCCCCCCCCCC(C[C@@]1(C)CCC[C@@]2(C)C1CC=C1CC(C(C)C)CC[C@H]12)C(=O)O. The molecule has 0 saturated heterocycles. The third-order valence-corrected chi connectivity index (χ3v) is 13.2. The van der Waals surface area contributed by atoms with Gasteiger partial charge in [0.15, 0.2) is 0 Å². The van der Waals surface area contributed by atoms with Gasteiger partial charge in [-0.1, -0.05) is 168 Å². The van der Waals surface area contributed by atoms with Gasteiger partial charge in [-0.15, -0.1) is 0 Å². The molecule has 0 aromatic carbocycles. The number of unbranched alkanes of at least 4 members (excludes halogenated alkanes) is 17. The first-order valence-electron chi connectivity index (χ1n) is 20.1. The monoisotopic (exact) mass is 613 g/mol. The summed E-state index contributed by atoms with van der Waals surface area (Å²) < 4.78 is 0. The molecule has 3 unspecified atom stereocenters. The Morgan fingerprint density at radius 2 is 1.32 bits per heavy atom. The van der Waals surface area contributed by atoms with Crippen LogP contribution in [0.25, 0.3) is 0 Å². The average molecular weight is 613 g/mol. The van der Waals surface area contributed by atoms with Crippen LogP contribution in [-0.4, -0.2) is 11.1 Å². The molecule has 3 rings (SSSR count). The maximum absolute atomic E-state index is 12.5. The molecule has 0 aromatic heterocycles. The Labute approximate surface area is 275 Å². The Hall–Kier alpha value is -0.790. The number of aliphatic carboxylic acids is 1. The van der Waals surface area contributed by atoms with E-state index in [0.717, 1.165) is 37.0 Å². The third-order valence-electron chi connectivity index (χ3n) is 13.2. The molecule has 0 heterocycles. The maximum atomic E-state index is 12.5. The lowest BCUT2D eigenvalue weighted by molar-refractivity contribution is -0.145. The second kappa shape index (κ2) is 19.8. The standard InChI is InChI=1S/C42H76O2/c1-6-7-8-9-10-11-12-13-14-15-16-17-18-19-20-21-22-23-25-37(40(43)44)33-41(4)30-24-31-42(5)38-28-26-35(34(2)3)32-36(38)27-29-39(41)42/h27,34-35,37-39H,6-26,28-33H2,1-5H3,(H,43,44)/t35?,37?,38-,39?,41-,42-/m1/s1. The van der Waals surface area contributed by atoms with Gasteiger partial charge in [-0.2, -0.15) is 0 Å². The van der Waals surface area contributed by atoms with E-state index < -0.39 is 5.97 Å². The minimum atomic E-state index is -0.532. The minimum absolute atomic E-state index is 0.162. The molecule has 1 N–H and O–H groups in total. The lowest BCUT2D eigenvalue weighted by Crippen LogP contribution is -2.51. The molecule has 2 heteroatoms. The van der Waals surface area contributed by atoms with Crippen LogP contribution >= 0.6 is 0 Å². The van der Waals surface area contributed by atoms with E-state index in [4.69, 9.17) is 0 Å². The predicted octanol–water partition coefficient (Wildman–Crippen LogP) is 13.7. The van der Waals surface area contributed by atoms with Gasteiger partial charge in [0.05, 0.1) is 5.92 Å². The summed E-state index contributed by atoms with van der Waals surface area (Å²) in [6.45, 7) is 12.2. The second-order valence-corrected chi connectivity index (χ2v) is 17.0. The highest BCUT2D eigenvalue weighted by atomic mass is 16.4. The van der Waals surface area contributed by atoms with Crippen molar-refractivity contribution < 1.29 is 9.90 Å². The lowest BCUT2D eigenvalue weighted by Gasteiger charge is -2.60. The van der Waals surface area contributed by atoms with Crippen molar-refractivity contribution in [3.63, 3.8) is 0 Å². The van der Waals surface area contributed by atoms with Crippen molar-refractivity contribution >= 4 is 5.97 Å². The molecular weight excluding hydrogens is 536 g/mol. The Kier molecular flexibility index (Phi) is 16.9. The number of fused-ring (bicyclic) bond motifs is 3. The number of hydrogen-bond acceptors (Lipinski definition) is 1. The molecule has 0 spiro atoms. The van der Waals surface area contributed by atoms with E-state index in [2.05, 4.69) is 40.7 Å². The quantitative estimate of drug-likeness (QED) is 0.0920. The van der Waals surface area contributed by atoms with E-state index in [9.17, 15) is 9.90 Å². The number of carbonyl (C=O) groups is 1. The fraction of sp³-hybridized carbons (Fsp3) is 0.929. The molecule has 256 valence electrons. The largest absolute Gasteiger partial charge is 0.481 e. The number of carboxylic acid groups (broad SMARTS) is 1. The summed E-state index contributed by atoms with van der Waals surface area (Å²) in [6, 6.07) is 0. The molecule has 3 aliphatic carbocycles. The maximum Gasteiger partial charge on any atom is 0.306 e. The van der Waals surface area contributed by atoms with Crippen molar-refractivity contribution in [1.82, 2.24) is 0 Å². The summed E-state index contributed by atoms with van der Waals surface area (Å²) in [5.41, 5.74) is 2.31. The molecule has 6 atom stereocenters. The summed E-state index contributed by atoms with van der Waals surface area (Å²) >= 11 is 0. The fourth-order valence-electron chi connectivity index (χ4n) is 10.3. The summed E-state index contributed by atoms with van der Waals surface area (Å²) in [6.07, 6.45) is 38.4. The van der Waals surface area contributed by atoms with Crippen LogP contribution in [0.3, 0.4) is 0 Å². The van der Waals surface area contributed by atoms with Crippen LogP contribution in [0.5, 0.6) is 0 Å². The van der Waals surface area contributed by atoms with E-state index in [1.165, 1.54) is 154 Å². The van der Waals surface area contributed by atoms with Gasteiger partial charge in [-0.3, -0.25) is 4.79 Å². The molecule has 0 bridgehead atoms. The Morgan fingerprint density at radius 1 is 0.795 bits per heavy atom. The second-order valence-electron chi connectivity index (χ2n) is 17.0. The first-order valence-corrected chi connectivity index (χ1v) is 20.1. The van der Waals surface area contributed by atoms with Crippen molar-refractivity contribution in [3.8, 4) is 0 Å². The Morgan fingerprint density at radius 3 is 1.82 bits per heavy atom. The predicted molar refractivity (Wildman–Crippen MR) is 191 cm³/mol. The van der Waals surface area contributed by atoms with E-state index in [0.29, 0.717) is 11.3 Å². The molecule has 2 nitrogen and oxygen atoms in total. The zero-order valence-corrected chi connectivity index (χ0v) is 30.4. The molecule has 0 amide bonds. The van der Waals surface area contributed by atoms with Crippen LogP contribution in [0, 0.1) is 40.4 Å². The number of allylic oxidation sites excluding steroid dienone is 2.